The molecule has 0 heterocycles. The van der Waals surface area contributed by atoms with E-state index in [0.717, 1.165) is 6.42 Å². The van der Waals surface area contributed by atoms with Gasteiger partial charge in [-0.25, -0.2) is 0 Å². The highest BCUT2D eigenvalue weighted by molar-refractivity contribution is 5.81. The third-order valence-electron chi connectivity index (χ3n) is 1.78. The molecular weight excluding hydrogens is 184 g/mol. The number of aliphatic hydroxyl groups is 1. The minimum absolute atomic E-state index is 0.211. The molecule has 2 atom stereocenters. The first-order valence-electron chi connectivity index (χ1n) is 4.78. The highest BCUT2D eigenvalue weighted by Crippen LogP contribution is 1.93. The van der Waals surface area contributed by atoms with Crippen molar-refractivity contribution in [2.24, 2.45) is 5.73 Å². The average Bonchev–Trinajstić information content (AvgIpc) is 2.12. The molecule has 5 heteroatoms. The molecular formula is C9H20N2O3. The fraction of sp³-hybridized carbons (Fsp3) is 0.889. The zero-order valence-electron chi connectivity index (χ0n) is 8.82. The molecule has 0 radical (unpaired) electrons. The number of carbonyl (C=O) groups is 1. The van der Waals surface area contributed by atoms with Gasteiger partial charge in [0.15, 0.2) is 0 Å². The lowest BCUT2D eigenvalue weighted by Crippen LogP contribution is -2.43. The van der Waals surface area contributed by atoms with Crippen LogP contribution in [-0.4, -0.2) is 43.4 Å². The minimum Gasteiger partial charge on any atom is -0.393 e. The summed E-state index contributed by atoms with van der Waals surface area (Å²) in [6, 6.07) is -0.605. The van der Waals surface area contributed by atoms with Gasteiger partial charge >= 0.3 is 0 Å². The summed E-state index contributed by atoms with van der Waals surface area (Å²) in [5.41, 5.74) is 5.48. The van der Waals surface area contributed by atoms with Crippen molar-refractivity contribution >= 4 is 5.91 Å². The predicted octanol–water partition coefficient (Wildman–Crippen LogP) is -0.763. The normalized spacial score (nSPS) is 14.9. The van der Waals surface area contributed by atoms with Crippen LogP contribution in [0.25, 0.3) is 0 Å². The number of rotatable bonds is 7. The third kappa shape index (κ3) is 6.82. The van der Waals surface area contributed by atoms with E-state index in [4.69, 9.17) is 15.6 Å². The Bertz CT molecular complexity index is 162. The van der Waals surface area contributed by atoms with Crippen LogP contribution in [0.2, 0.25) is 0 Å². The number of methoxy groups -OCH3 is 1. The lowest BCUT2D eigenvalue weighted by molar-refractivity contribution is -0.123. The van der Waals surface area contributed by atoms with Gasteiger partial charge in [0.2, 0.25) is 5.91 Å². The van der Waals surface area contributed by atoms with Gasteiger partial charge < -0.3 is 20.9 Å². The molecule has 14 heavy (non-hydrogen) atoms. The molecule has 0 aliphatic heterocycles. The summed E-state index contributed by atoms with van der Waals surface area (Å²) in [7, 11) is 1.50. The largest absolute Gasteiger partial charge is 0.393 e. The first-order valence-corrected chi connectivity index (χ1v) is 4.78. The number of hydrogen-bond acceptors (Lipinski definition) is 4. The standard InChI is InChI=1S/C9H20N2O3/c1-7(12)4-3-5-11-9(13)8(10)6-14-2/h7-8,12H,3-6,10H2,1-2H3,(H,11,13). The van der Waals surface area contributed by atoms with Crippen LogP contribution >= 0.6 is 0 Å². The maximum absolute atomic E-state index is 11.2. The smallest absolute Gasteiger partial charge is 0.239 e. The zero-order valence-corrected chi connectivity index (χ0v) is 8.82. The SMILES string of the molecule is COCC(N)C(=O)NCCCC(C)O. The maximum atomic E-state index is 11.2. The Morgan fingerprint density at radius 1 is 1.64 bits per heavy atom. The lowest BCUT2D eigenvalue weighted by atomic mass is 10.2. The van der Waals surface area contributed by atoms with Gasteiger partial charge in [0.05, 0.1) is 12.7 Å². The van der Waals surface area contributed by atoms with Crippen LogP contribution in [0.4, 0.5) is 0 Å². The number of hydrogen-bond donors (Lipinski definition) is 3. The number of nitrogens with two attached hydrogens (primary N) is 1. The molecule has 0 aliphatic carbocycles. The summed E-state index contributed by atoms with van der Waals surface area (Å²) in [4.78, 5) is 11.2. The summed E-state index contributed by atoms with van der Waals surface area (Å²) in [5, 5.41) is 11.6. The van der Waals surface area contributed by atoms with Gasteiger partial charge in [-0.05, 0) is 19.8 Å². The Labute approximate surface area is 84.6 Å². The molecule has 0 aromatic carbocycles. The van der Waals surface area contributed by atoms with E-state index in [0.29, 0.717) is 13.0 Å². The fourth-order valence-electron chi connectivity index (χ4n) is 0.995. The van der Waals surface area contributed by atoms with Crippen molar-refractivity contribution in [2.75, 3.05) is 20.3 Å². The van der Waals surface area contributed by atoms with E-state index in [1.807, 2.05) is 0 Å². The number of ether oxygens (including phenoxy) is 1. The molecule has 0 aromatic rings. The van der Waals surface area contributed by atoms with E-state index in [1.165, 1.54) is 7.11 Å². The molecule has 0 aromatic heterocycles. The molecule has 84 valence electrons. The van der Waals surface area contributed by atoms with E-state index in [9.17, 15) is 4.79 Å². The second-order valence-electron chi connectivity index (χ2n) is 3.34. The number of nitrogens with one attached hydrogen (secondary N) is 1. The lowest BCUT2D eigenvalue weighted by Gasteiger charge is -2.11. The molecule has 5 nitrogen and oxygen atoms in total. The van der Waals surface area contributed by atoms with E-state index in [-0.39, 0.29) is 18.6 Å². The van der Waals surface area contributed by atoms with Gasteiger partial charge in [0.1, 0.15) is 6.04 Å². The van der Waals surface area contributed by atoms with Crippen LogP contribution in [-0.2, 0) is 9.53 Å². The number of aliphatic hydroxyl groups excluding tert-OH is 1. The van der Waals surface area contributed by atoms with Crippen molar-refractivity contribution in [3.8, 4) is 0 Å². The minimum atomic E-state index is -0.605. The maximum Gasteiger partial charge on any atom is 0.239 e. The second-order valence-corrected chi connectivity index (χ2v) is 3.34. The molecule has 0 aliphatic rings. The Kier molecular flexibility index (Phi) is 7.37. The third-order valence-corrected chi connectivity index (χ3v) is 1.78. The Morgan fingerprint density at radius 2 is 2.29 bits per heavy atom. The summed E-state index contributed by atoms with van der Waals surface area (Å²) >= 11 is 0. The van der Waals surface area contributed by atoms with Crippen LogP contribution in [0.3, 0.4) is 0 Å². The van der Waals surface area contributed by atoms with E-state index in [1.54, 1.807) is 6.92 Å². The molecule has 1 amide bonds. The number of amides is 1. The van der Waals surface area contributed by atoms with Crippen molar-refractivity contribution in [1.29, 1.82) is 0 Å². The van der Waals surface area contributed by atoms with Crippen molar-refractivity contribution in [1.82, 2.24) is 5.32 Å². The van der Waals surface area contributed by atoms with Crippen molar-refractivity contribution in [2.45, 2.75) is 31.9 Å². The molecule has 0 bridgehead atoms. The zero-order chi connectivity index (χ0) is 11.0. The van der Waals surface area contributed by atoms with Gasteiger partial charge in [-0.3, -0.25) is 4.79 Å². The van der Waals surface area contributed by atoms with Crippen molar-refractivity contribution in [3.05, 3.63) is 0 Å². The summed E-state index contributed by atoms with van der Waals surface area (Å²) < 4.78 is 4.74. The van der Waals surface area contributed by atoms with Gasteiger partial charge in [-0.2, -0.15) is 0 Å². The van der Waals surface area contributed by atoms with E-state index in [2.05, 4.69) is 5.32 Å². The van der Waals surface area contributed by atoms with E-state index < -0.39 is 6.04 Å². The molecule has 0 fully saturated rings. The molecule has 2 unspecified atom stereocenters. The van der Waals surface area contributed by atoms with Gasteiger partial charge in [-0.15, -0.1) is 0 Å². The molecule has 0 saturated heterocycles. The Morgan fingerprint density at radius 3 is 2.79 bits per heavy atom. The topological polar surface area (TPSA) is 84.6 Å². The molecule has 0 saturated carbocycles. The second kappa shape index (κ2) is 7.73. The quantitative estimate of drug-likeness (QED) is 0.476. The van der Waals surface area contributed by atoms with Crippen molar-refractivity contribution < 1.29 is 14.6 Å². The Balaban J connectivity index is 3.44. The molecule has 0 rings (SSSR count). The fourth-order valence-corrected chi connectivity index (χ4v) is 0.995. The van der Waals surface area contributed by atoms with Crippen LogP contribution in [0.15, 0.2) is 0 Å². The van der Waals surface area contributed by atoms with Crippen LogP contribution in [0.1, 0.15) is 19.8 Å². The van der Waals surface area contributed by atoms with E-state index >= 15 is 0 Å². The summed E-state index contributed by atoms with van der Waals surface area (Å²) in [6.07, 6.45) is 1.11. The molecule has 0 spiro atoms. The van der Waals surface area contributed by atoms with Crippen LogP contribution < -0.4 is 11.1 Å². The highest BCUT2D eigenvalue weighted by atomic mass is 16.5. The first kappa shape index (κ1) is 13.4. The highest BCUT2D eigenvalue weighted by Gasteiger charge is 2.11. The van der Waals surface area contributed by atoms with Gasteiger partial charge in [0, 0.05) is 13.7 Å². The number of carbonyl (C=O) groups excluding carboxylic acids is 1. The Hall–Kier alpha value is -0.650. The first-order chi connectivity index (χ1) is 6.57. The predicted molar refractivity (Wildman–Crippen MR) is 53.8 cm³/mol. The van der Waals surface area contributed by atoms with Crippen LogP contribution in [0.5, 0.6) is 0 Å². The summed E-state index contributed by atoms with van der Waals surface area (Å²) in [6.45, 7) is 2.49. The average molecular weight is 204 g/mol. The monoisotopic (exact) mass is 204 g/mol. The van der Waals surface area contributed by atoms with Crippen molar-refractivity contribution in [3.63, 3.8) is 0 Å². The van der Waals surface area contributed by atoms with Gasteiger partial charge in [0.25, 0.3) is 0 Å². The summed E-state index contributed by atoms with van der Waals surface area (Å²) in [5.74, 6) is -0.211. The van der Waals surface area contributed by atoms with Gasteiger partial charge in [-0.1, -0.05) is 0 Å². The molecule has 4 N–H and O–H groups in total. The van der Waals surface area contributed by atoms with Crippen LogP contribution in [0, 0.1) is 0 Å².